The van der Waals surface area contributed by atoms with Crippen molar-refractivity contribution in [1.29, 1.82) is 0 Å². The predicted molar refractivity (Wildman–Crippen MR) is 63.0 cm³/mol. The van der Waals surface area contributed by atoms with E-state index < -0.39 is 0 Å². The summed E-state index contributed by atoms with van der Waals surface area (Å²) in [5.41, 5.74) is 6.45. The first kappa shape index (κ1) is 11.6. The topological polar surface area (TPSA) is 46.3 Å². The Morgan fingerprint density at radius 3 is 2.93 bits per heavy atom. The molecule has 80 valence electrons. The van der Waals surface area contributed by atoms with Crippen LogP contribution in [0.3, 0.4) is 0 Å². The van der Waals surface area contributed by atoms with E-state index in [1.165, 1.54) is 4.90 Å². The predicted octanol–water partition coefficient (Wildman–Crippen LogP) is 2.18. The first-order valence-electron chi connectivity index (χ1n) is 4.48. The number of carbonyl (C=O) groups is 1. The van der Waals surface area contributed by atoms with Crippen molar-refractivity contribution in [3.05, 3.63) is 41.4 Å². The summed E-state index contributed by atoms with van der Waals surface area (Å²) in [6, 6.07) is 5.01. The lowest BCUT2D eigenvalue weighted by molar-refractivity contribution is 0.0811. The number of nitrogen functional groups attached to an aromatic ring is 1. The fraction of sp³-hybridized carbons (Fsp3) is 0.182. The molecule has 0 unspecified atom stereocenters. The van der Waals surface area contributed by atoms with Gasteiger partial charge in [0.1, 0.15) is 0 Å². The molecule has 0 saturated heterocycles. The summed E-state index contributed by atoms with van der Waals surface area (Å²) in [6.45, 7) is 4.04. The largest absolute Gasteiger partial charge is 0.397 e. The summed E-state index contributed by atoms with van der Waals surface area (Å²) in [4.78, 5) is 13.4. The number of halogens is 1. The summed E-state index contributed by atoms with van der Waals surface area (Å²) in [7, 11) is 1.68. The third kappa shape index (κ3) is 2.50. The van der Waals surface area contributed by atoms with E-state index in [1.807, 2.05) is 0 Å². The van der Waals surface area contributed by atoms with Gasteiger partial charge in [0.25, 0.3) is 5.91 Å². The number of para-hydroxylation sites is 1. The van der Waals surface area contributed by atoms with E-state index in [-0.39, 0.29) is 5.91 Å². The van der Waals surface area contributed by atoms with Gasteiger partial charge in [-0.2, -0.15) is 0 Å². The van der Waals surface area contributed by atoms with Crippen LogP contribution in [0.5, 0.6) is 0 Å². The number of benzene rings is 1. The van der Waals surface area contributed by atoms with E-state index in [2.05, 4.69) is 6.58 Å². The van der Waals surface area contributed by atoms with Gasteiger partial charge in [0.2, 0.25) is 0 Å². The maximum Gasteiger partial charge on any atom is 0.256 e. The molecule has 15 heavy (non-hydrogen) atoms. The van der Waals surface area contributed by atoms with Crippen LogP contribution >= 0.6 is 11.6 Å². The van der Waals surface area contributed by atoms with Crippen LogP contribution in [0.25, 0.3) is 0 Å². The zero-order chi connectivity index (χ0) is 11.4. The van der Waals surface area contributed by atoms with Crippen LogP contribution in [-0.4, -0.2) is 24.4 Å². The first-order chi connectivity index (χ1) is 7.07. The highest BCUT2D eigenvalue weighted by Crippen LogP contribution is 2.23. The minimum absolute atomic E-state index is 0.157. The van der Waals surface area contributed by atoms with E-state index in [1.54, 1.807) is 31.3 Å². The van der Waals surface area contributed by atoms with E-state index >= 15 is 0 Å². The molecule has 0 bridgehead atoms. The van der Waals surface area contributed by atoms with Crippen molar-refractivity contribution < 1.29 is 4.79 Å². The van der Waals surface area contributed by atoms with Gasteiger partial charge in [-0.1, -0.05) is 23.7 Å². The van der Waals surface area contributed by atoms with Gasteiger partial charge in [0, 0.05) is 13.6 Å². The Balaban J connectivity index is 3.01. The minimum atomic E-state index is -0.157. The van der Waals surface area contributed by atoms with Gasteiger partial charge in [0.15, 0.2) is 0 Å². The number of likely N-dealkylation sites (N-methyl/N-ethyl adjacent to an activating group) is 1. The molecule has 1 rings (SSSR count). The van der Waals surface area contributed by atoms with E-state index in [0.717, 1.165) is 0 Å². The van der Waals surface area contributed by atoms with Crippen molar-refractivity contribution >= 4 is 23.2 Å². The van der Waals surface area contributed by atoms with Crippen molar-refractivity contribution in [3.8, 4) is 0 Å². The van der Waals surface area contributed by atoms with Gasteiger partial charge >= 0.3 is 0 Å². The highest BCUT2D eigenvalue weighted by molar-refractivity contribution is 6.33. The second kappa shape index (κ2) is 4.84. The lowest BCUT2D eigenvalue weighted by Gasteiger charge is -2.16. The summed E-state index contributed by atoms with van der Waals surface area (Å²) in [6.07, 6.45) is 1.65. The Morgan fingerprint density at radius 1 is 1.67 bits per heavy atom. The lowest BCUT2D eigenvalue weighted by atomic mass is 10.1. The number of hydrogen-bond acceptors (Lipinski definition) is 2. The molecule has 0 fully saturated rings. The van der Waals surface area contributed by atoms with Crippen molar-refractivity contribution in [2.75, 3.05) is 19.3 Å². The molecule has 1 aromatic carbocycles. The average molecular weight is 225 g/mol. The van der Waals surface area contributed by atoms with Crippen molar-refractivity contribution in [2.24, 2.45) is 0 Å². The summed E-state index contributed by atoms with van der Waals surface area (Å²) >= 11 is 5.82. The average Bonchev–Trinajstić information content (AvgIpc) is 2.21. The third-order valence-electron chi connectivity index (χ3n) is 2.03. The van der Waals surface area contributed by atoms with Crippen LogP contribution in [0, 0.1) is 0 Å². The molecule has 0 aliphatic carbocycles. The van der Waals surface area contributed by atoms with Crippen LogP contribution in [0.15, 0.2) is 30.9 Å². The van der Waals surface area contributed by atoms with E-state index in [9.17, 15) is 4.79 Å². The van der Waals surface area contributed by atoms with Crippen LogP contribution in [0.2, 0.25) is 5.02 Å². The molecule has 0 spiro atoms. The molecule has 1 aromatic rings. The molecule has 0 atom stereocenters. The standard InChI is InChI=1S/C11H13ClN2O/c1-3-7-14(2)11(15)8-5-4-6-9(12)10(8)13/h3-6H,1,7,13H2,2H3. The fourth-order valence-corrected chi connectivity index (χ4v) is 1.38. The molecule has 2 N–H and O–H groups in total. The molecule has 0 aromatic heterocycles. The molecular weight excluding hydrogens is 212 g/mol. The van der Waals surface area contributed by atoms with Gasteiger partial charge in [-0.3, -0.25) is 4.79 Å². The van der Waals surface area contributed by atoms with Crippen LogP contribution in [0.1, 0.15) is 10.4 Å². The Morgan fingerprint density at radius 2 is 2.33 bits per heavy atom. The Labute approximate surface area is 94.1 Å². The van der Waals surface area contributed by atoms with Gasteiger partial charge in [-0.15, -0.1) is 6.58 Å². The van der Waals surface area contributed by atoms with Gasteiger partial charge in [0.05, 0.1) is 16.3 Å². The van der Waals surface area contributed by atoms with Gasteiger partial charge in [-0.05, 0) is 12.1 Å². The molecule has 0 radical (unpaired) electrons. The Bertz CT molecular complexity index is 390. The molecular formula is C11H13ClN2O. The van der Waals surface area contributed by atoms with Crippen molar-refractivity contribution in [3.63, 3.8) is 0 Å². The summed E-state index contributed by atoms with van der Waals surface area (Å²) in [5, 5.41) is 0.396. The number of carbonyl (C=O) groups excluding carboxylic acids is 1. The maximum atomic E-state index is 11.8. The Hall–Kier alpha value is -1.48. The zero-order valence-electron chi connectivity index (χ0n) is 8.53. The molecule has 0 aliphatic heterocycles. The normalized spacial score (nSPS) is 9.73. The Kier molecular flexibility index (Phi) is 3.74. The first-order valence-corrected chi connectivity index (χ1v) is 4.86. The van der Waals surface area contributed by atoms with E-state index in [0.29, 0.717) is 22.8 Å². The lowest BCUT2D eigenvalue weighted by Crippen LogP contribution is -2.27. The molecule has 0 aliphatic rings. The monoisotopic (exact) mass is 224 g/mol. The van der Waals surface area contributed by atoms with Crippen LogP contribution in [-0.2, 0) is 0 Å². The number of amides is 1. The molecule has 1 amide bonds. The number of anilines is 1. The van der Waals surface area contributed by atoms with Crippen LogP contribution in [0.4, 0.5) is 5.69 Å². The summed E-state index contributed by atoms with van der Waals surface area (Å²) in [5.74, 6) is -0.157. The van der Waals surface area contributed by atoms with Crippen LogP contribution < -0.4 is 5.73 Å². The minimum Gasteiger partial charge on any atom is -0.397 e. The van der Waals surface area contributed by atoms with Gasteiger partial charge in [-0.25, -0.2) is 0 Å². The molecule has 0 saturated carbocycles. The third-order valence-corrected chi connectivity index (χ3v) is 2.36. The second-order valence-corrected chi connectivity index (χ2v) is 3.58. The van der Waals surface area contributed by atoms with Crippen molar-refractivity contribution in [1.82, 2.24) is 4.90 Å². The van der Waals surface area contributed by atoms with E-state index in [4.69, 9.17) is 17.3 Å². The second-order valence-electron chi connectivity index (χ2n) is 3.18. The van der Waals surface area contributed by atoms with Crippen molar-refractivity contribution in [2.45, 2.75) is 0 Å². The number of hydrogen-bond donors (Lipinski definition) is 1. The smallest absolute Gasteiger partial charge is 0.256 e. The molecule has 0 heterocycles. The zero-order valence-corrected chi connectivity index (χ0v) is 9.29. The number of nitrogens with zero attached hydrogens (tertiary/aromatic N) is 1. The highest BCUT2D eigenvalue weighted by atomic mass is 35.5. The quantitative estimate of drug-likeness (QED) is 0.632. The number of rotatable bonds is 3. The van der Waals surface area contributed by atoms with Gasteiger partial charge < -0.3 is 10.6 Å². The molecule has 4 heteroatoms. The summed E-state index contributed by atoms with van der Waals surface area (Å²) < 4.78 is 0. The molecule has 3 nitrogen and oxygen atoms in total. The fourth-order valence-electron chi connectivity index (χ4n) is 1.21. The maximum absolute atomic E-state index is 11.8. The SMILES string of the molecule is C=CCN(C)C(=O)c1cccc(Cl)c1N. The highest BCUT2D eigenvalue weighted by Gasteiger charge is 2.14. The number of nitrogens with two attached hydrogens (primary N) is 1.